The van der Waals surface area contributed by atoms with Gasteiger partial charge in [0.2, 0.25) is 11.8 Å². The molecule has 2 unspecified atom stereocenters. The zero-order valence-electron chi connectivity index (χ0n) is 21.6. The fourth-order valence-corrected chi connectivity index (χ4v) is 6.20. The Kier molecular flexibility index (Phi) is 7.56. The van der Waals surface area contributed by atoms with Crippen LogP contribution < -0.4 is 15.5 Å². The maximum atomic E-state index is 14.0. The summed E-state index contributed by atoms with van der Waals surface area (Å²) in [5.41, 5.74) is 4.77. The highest BCUT2D eigenvalue weighted by Gasteiger charge is 2.39. The predicted octanol–water partition coefficient (Wildman–Crippen LogP) is 4.11. The van der Waals surface area contributed by atoms with Gasteiger partial charge >= 0.3 is 0 Å². The van der Waals surface area contributed by atoms with E-state index < -0.39 is 6.04 Å². The number of nitrogens with zero attached hydrogens (tertiary/aromatic N) is 3. The van der Waals surface area contributed by atoms with Gasteiger partial charge in [-0.3, -0.25) is 14.6 Å². The Morgan fingerprint density at radius 1 is 1.03 bits per heavy atom. The molecule has 7 nitrogen and oxygen atoms in total. The smallest absolute Gasteiger partial charge is 0.245 e. The summed E-state index contributed by atoms with van der Waals surface area (Å²) in [4.78, 5) is 35.8. The minimum atomic E-state index is -0.462. The van der Waals surface area contributed by atoms with Crippen LogP contribution in [-0.2, 0) is 16.0 Å². The monoisotopic (exact) mass is 489 g/mol. The zero-order chi connectivity index (χ0) is 25.1. The summed E-state index contributed by atoms with van der Waals surface area (Å²) >= 11 is 0. The lowest BCUT2D eigenvalue weighted by Crippen LogP contribution is -2.55. The number of hydrogen-bond acceptors (Lipinski definition) is 5. The van der Waals surface area contributed by atoms with Crippen LogP contribution in [0.3, 0.4) is 0 Å². The molecule has 1 aliphatic carbocycles. The quantitative estimate of drug-likeness (QED) is 0.612. The number of carbonyl (C=O) groups excluding carboxylic acids is 2. The average Bonchev–Trinajstić information content (AvgIpc) is 3.59. The molecule has 1 saturated carbocycles. The highest BCUT2D eigenvalue weighted by Crippen LogP contribution is 2.38. The van der Waals surface area contributed by atoms with E-state index in [0.717, 1.165) is 69.3 Å². The number of rotatable bonds is 7. The molecule has 3 heterocycles. The van der Waals surface area contributed by atoms with Crippen molar-refractivity contribution in [3.05, 3.63) is 53.9 Å². The number of hydrogen-bond donors (Lipinski definition) is 2. The molecule has 3 aliphatic rings. The molecule has 5 rings (SSSR count). The van der Waals surface area contributed by atoms with Crippen LogP contribution in [0.2, 0.25) is 0 Å². The van der Waals surface area contributed by atoms with E-state index in [1.165, 1.54) is 17.7 Å². The van der Waals surface area contributed by atoms with E-state index in [9.17, 15) is 9.59 Å². The third kappa shape index (κ3) is 4.99. The summed E-state index contributed by atoms with van der Waals surface area (Å²) in [6.07, 6.45) is 12.2. The largest absolute Gasteiger partial charge is 0.343 e. The van der Waals surface area contributed by atoms with E-state index >= 15 is 0 Å². The van der Waals surface area contributed by atoms with Crippen LogP contribution in [0.15, 0.2) is 42.7 Å². The van der Waals surface area contributed by atoms with Gasteiger partial charge in [0, 0.05) is 25.0 Å². The molecule has 36 heavy (non-hydrogen) atoms. The summed E-state index contributed by atoms with van der Waals surface area (Å²) < 4.78 is 0. The molecular formula is C29H39N5O2. The van der Waals surface area contributed by atoms with Gasteiger partial charge in [0.1, 0.15) is 6.04 Å². The number of anilines is 2. The van der Waals surface area contributed by atoms with Crippen molar-refractivity contribution in [3.8, 4) is 0 Å². The van der Waals surface area contributed by atoms with Gasteiger partial charge in [-0.05, 0) is 75.3 Å². The van der Waals surface area contributed by atoms with E-state index in [1.54, 1.807) is 7.05 Å². The van der Waals surface area contributed by atoms with Crippen molar-refractivity contribution in [3.63, 3.8) is 0 Å². The average molecular weight is 490 g/mol. The number of pyridine rings is 1. The molecular weight excluding hydrogens is 450 g/mol. The van der Waals surface area contributed by atoms with Crippen LogP contribution in [0.4, 0.5) is 11.4 Å². The standard InChI is InChI=1S/C29H39N5O2/c1-20(30-2)28(35)32-27(22-10-4-3-5-11-22)29(36)34-15-8-13-26(34)23-17-24(19-31-18-23)33-16-14-21-9-6-7-12-25(21)33/h6-7,9,12,17-20,22,26-27,30H,3-5,8,10-11,13-16H2,1-2H3,(H,32,35)/t20?,26?,27-/m1/s1. The second-order valence-corrected chi connectivity index (χ2v) is 10.6. The van der Waals surface area contributed by atoms with Crippen molar-refractivity contribution < 1.29 is 9.59 Å². The Bertz CT molecular complexity index is 1080. The maximum Gasteiger partial charge on any atom is 0.245 e. The molecule has 2 fully saturated rings. The number of nitrogens with one attached hydrogen (secondary N) is 2. The van der Waals surface area contributed by atoms with E-state index in [1.807, 2.05) is 24.2 Å². The molecule has 1 aromatic heterocycles. The van der Waals surface area contributed by atoms with E-state index in [4.69, 9.17) is 0 Å². The van der Waals surface area contributed by atoms with Gasteiger partial charge in [-0.1, -0.05) is 37.5 Å². The third-order valence-corrected chi connectivity index (χ3v) is 8.38. The highest BCUT2D eigenvalue weighted by molar-refractivity contribution is 5.90. The molecule has 2 aliphatic heterocycles. The second-order valence-electron chi connectivity index (χ2n) is 10.6. The minimum absolute atomic E-state index is 0.00693. The Balaban J connectivity index is 1.38. The van der Waals surface area contributed by atoms with Crippen LogP contribution in [0, 0.1) is 5.92 Å². The fourth-order valence-electron chi connectivity index (χ4n) is 6.20. The van der Waals surface area contributed by atoms with Crippen LogP contribution in [-0.4, -0.2) is 53.9 Å². The Labute approximate surface area is 214 Å². The zero-order valence-corrected chi connectivity index (χ0v) is 21.6. The molecule has 0 bridgehead atoms. The molecule has 0 radical (unpaired) electrons. The number of fused-ring (bicyclic) bond motifs is 1. The lowest BCUT2D eigenvalue weighted by Gasteiger charge is -2.35. The van der Waals surface area contributed by atoms with Gasteiger partial charge in [-0.2, -0.15) is 0 Å². The number of benzene rings is 1. The first-order valence-corrected chi connectivity index (χ1v) is 13.7. The molecule has 7 heteroatoms. The molecule has 1 aromatic carbocycles. The molecule has 0 spiro atoms. The summed E-state index contributed by atoms with van der Waals surface area (Å²) in [6.45, 7) is 3.50. The predicted molar refractivity (Wildman–Crippen MR) is 142 cm³/mol. The van der Waals surface area contributed by atoms with Crippen LogP contribution in [0.1, 0.15) is 69.0 Å². The van der Waals surface area contributed by atoms with Crippen LogP contribution in [0.25, 0.3) is 0 Å². The van der Waals surface area contributed by atoms with E-state index in [2.05, 4.69) is 50.8 Å². The van der Waals surface area contributed by atoms with Gasteiger partial charge in [0.15, 0.2) is 0 Å². The molecule has 2 amide bonds. The van der Waals surface area contributed by atoms with Crippen LogP contribution >= 0.6 is 0 Å². The SMILES string of the molecule is CNC(C)C(=O)N[C@@H](C(=O)N1CCCC1c1cncc(N2CCc3ccccc32)c1)C1CCCCC1. The normalized spacial score (nSPS) is 21.8. The summed E-state index contributed by atoms with van der Waals surface area (Å²) in [6, 6.07) is 9.95. The van der Waals surface area contributed by atoms with Crippen molar-refractivity contribution >= 4 is 23.2 Å². The fraction of sp³-hybridized carbons (Fsp3) is 0.552. The lowest BCUT2D eigenvalue weighted by atomic mass is 9.83. The maximum absolute atomic E-state index is 14.0. The van der Waals surface area contributed by atoms with Crippen molar-refractivity contribution in [2.45, 2.75) is 76.4 Å². The van der Waals surface area contributed by atoms with Gasteiger partial charge in [0.05, 0.1) is 24.0 Å². The number of likely N-dealkylation sites (tertiary alicyclic amines) is 1. The molecule has 1 saturated heterocycles. The Morgan fingerprint density at radius 2 is 1.83 bits per heavy atom. The molecule has 2 aromatic rings. The van der Waals surface area contributed by atoms with E-state index in [0.29, 0.717) is 0 Å². The number of likely N-dealkylation sites (N-methyl/N-ethyl adjacent to an activating group) is 1. The first-order valence-electron chi connectivity index (χ1n) is 13.7. The van der Waals surface area contributed by atoms with Gasteiger partial charge in [-0.15, -0.1) is 0 Å². The number of aromatic nitrogens is 1. The first-order chi connectivity index (χ1) is 17.6. The van der Waals surface area contributed by atoms with Crippen molar-refractivity contribution in [2.75, 3.05) is 25.0 Å². The third-order valence-electron chi connectivity index (χ3n) is 8.38. The van der Waals surface area contributed by atoms with Crippen molar-refractivity contribution in [1.29, 1.82) is 0 Å². The second kappa shape index (κ2) is 11.0. The number of para-hydroxylation sites is 1. The van der Waals surface area contributed by atoms with Gasteiger partial charge in [0.25, 0.3) is 0 Å². The van der Waals surface area contributed by atoms with Gasteiger partial charge in [-0.25, -0.2) is 0 Å². The summed E-state index contributed by atoms with van der Waals surface area (Å²) in [5.74, 6) is 0.164. The summed E-state index contributed by atoms with van der Waals surface area (Å²) in [5, 5.41) is 6.14. The Hall–Kier alpha value is -2.93. The van der Waals surface area contributed by atoms with Crippen LogP contribution in [0.5, 0.6) is 0 Å². The lowest BCUT2D eigenvalue weighted by molar-refractivity contribution is -0.139. The Morgan fingerprint density at radius 3 is 2.64 bits per heavy atom. The first kappa shape index (κ1) is 24.8. The molecule has 192 valence electrons. The topological polar surface area (TPSA) is 77.6 Å². The highest BCUT2D eigenvalue weighted by atomic mass is 16.2. The molecule has 3 atom stereocenters. The number of carbonyl (C=O) groups is 2. The summed E-state index contributed by atoms with van der Waals surface area (Å²) in [7, 11) is 1.77. The molecule has 2 N–H and O–H groups in total. The number of amides is 2. The van der Waals surface area contributed by atoms with Crippen molar-refractivity contribution in [1.82, 2.24) is 20.5 Å². The minimum Gasteiger partial charge on any atom is -0.343 e. The van der Waals surface area contributed by atoms with Gasteiger partial charge < -0.3 is 20.4 Å². The van der Waals surface area contributed by atoms with E-state index in [-0.39, 0.29) is 29.8 Å². The van der Waals surface area contributed by atoms with Crippen molar-refractivity contribution in [2.24, 2.45) is 5.92 Å².